The van der Waals surface area contributed by atoms with Crippen LogP contribution in [-0.4, -0.2) is 30.2 Å². The van der Waals surface area contributed by atoms with Gasteiger partial charge in [0.2, 0.25) is 10.0 Å². The van der Waals surface area contributed by atoms with E-state index in [1.165, 1.54) is 0 Å². The zero-order chi connectivity index (χ0) is 12.3. The predicted octanol–water partition coefficient (Wildman–Crippen LogP) is 1.09. The molecule has 1 heterocycles. The Labute approximate surface area is 97.4 Å². The van der Waals surface area contributed by atoms with E-state index in [2.05, 4.69) is 9.71 Å². The van der Waals surface area contributed by atoms with Crippen LogP contribution < -0.4 is 4.72 Å². The molecule has 0 aliphatic carbocycles. The Bertz CT molecular complexity index is 478. The molecule has 0 spiro atoms. The third-order valence-corrected chi connectivity index (χ3v) is 3.71. The molecule has 0 atom stereocenters. The third-order valence-electron chi connectivity index (χ3n) is 1.67. The van der Waals surface area contributed by atoms with Gasteiger partial charge in [-0.1, -0.05) is 13.8 Å². The van der Waals surface area contributed by atoms with Gasteiger partial charge in [-0.2, -0.15) is 0 Å². The Balaban J connectivity index is 2.76. The maximum absolute atomic E-state index is 11.3. The van der Waals surface area contributed by atoms with E-state index < -0.39 is 21.7 Å². The standard InChI is InChI=1S/C8H12N2O4S2/c1-5(2)6-3-15-8(9-6)10-16(13,14)4-7(11)12/h3,5H,4H2,1-2H3,(H,9,10)(H,11,12). The van der Waals surface area contributed by atoms with Crippen molar-refractivity contribution in [2.24, 2.45) is 0 Å². The van der Waals surface area contributed by atoms with Crippen LogP contribution >= 0.6 is 11.3 Å². The van der Waals surface area contributed by atoms with Gasteiger partial charge in [0.15, 0.2) is 10.9 Å². The summed E-state index contributed by atoms with van der Waals surface area (Å²) in [5.74, 6) is -2.15. The Kier molecular flexibility index (Phi) is 3.87. The van der Waals surface area contributed by atoms with Crippen molar-refractivity contribution in [2.45, 2.75) is 19.8 Å². The van der Waals surface area contributed by atoms with Crippen molar-refractivity contribution < 1.29 is 18.3 Å². The first kappa shape index (κ1) is 12.9. The van der Waals surface area contributed by atoms with Crippen molar-refractivity contribution in [3.05, 3.63) is 11.1 Å². The molecule has 2 N–H and O–H groups in total. The molecule has 0 aliphatic rings. The Morgan fingerprint density at radius 1 is 1.62 bits per heavy atom. The summed E-state index contributed by atoms with van der Waals surface area (Å²) < 4.78 is 24.7. The van der Waals surface area contributed by atoms with E-state index in [4.69, 9.17) is 5.11 Å². The lowest BCUT2D eigenvalue weighted by Crippen LogP contribution is -2.22. The lowest BCUT2D eigenvalue weighted by Gasteiger charge is -2.01. The number of nitrogens with one attached hydrogen (secondary N) is 1. The first-order valence-corrected chi connectivity index (χ1v) is 7.01. The molecule has 0 bridgehead atoms. The van der Waals surface area contributed by atoms with Gasteiger partial charge >= 0.3 is 5.97 Å². The molecule has 0 amide bonds. The number of hydrogen-bond donors (Lipinski definition) is 2. The van der Waals surface area contributed by atoms with Gasteiger partial charge < -0.3 is 5.11 Å². The monoisotopic (exact) mass is 264 g/mol. The Morgan fingerprint density at radius 2 is 2.25 bits per heavy atom. The number of aromatic nitrogens is 1. The molecule has 6 nitrogen and oxygen atoms in total. The van der Waals surface area contributed by atoms with Crippen molar-refractivity contribution in [3.63, 3.8) is 0 Å². The number of carbonyl (C=O) groups is 1. The fourth-order valence-electron chi connectivity index (χ4n) is 0.930. The van der Waals surface area contributed by atoms with E-state index in [9.17, 15) is 13.2 Å². The van der Waals surface area contributed by atoms with Gasteiger partial charge in [0.25, 0.3) is 0 Å². The highest BCUT2D eigenvalue weighted by molar-refractivity contribution is 7.93. The summed E-state index contributed by atoms with van der Waals surface area (Å²) in [4.78, 5) is 14.3. The molecule has 0 fully saturated rings. The summed E-state index contributed by atoms with van der Waals surface area (Å²) in [6.45, 7) is 3.87. The largest absolute Gasteiger partial charge is 0.480 e. The zero-order valence-electron chi connectivity index (χ0n) is 8.80. The molecule has 0 saturated carbocycles. The van der Waals surface area contributed by atoms with Crippen LogP contribution in [0.2, 0.25) is 0 Å². The Hall–Kier alpha value is -1.15. The van der Waals surface area contributed by atoms with Gasteiger partial charge in [0, 0.05) is 5.38 Å². The van der Waals surface area contributed by atoms with Crippen molar-refractivity contribution in [1.82, 2.24) is 4.98 Å². The van der Waals surface area contributed by atoms with Crippen LogP contribution in [0.3, 0.4) is 0 Å². The summed E-state index contributed by atoms with van der Waals surface area (Å²) in [6, 6.07) is 0. The molecule has 0 radical (unpaired) electrons. The fraction of sp³-hybridized carbons (Fsp3) is 0.500. The molecule has 1 aromatic heterocycles. The minimum absolute atomic E-state index is 0.199. The van der Waals surface area contributed by atoms with E-state index >= 15 is 0 Å². The highest BCUT2D eigenvalue weighted by atomic mass is 32.2. The van der Waals surface area contributed by atoms with Crippen LogP contribution in [-0.2, 0) is 14.8 Å². The quantitative estimate of drug-likeness (QED) is 0.830. The second-order valence-electron chi connectivity index (χ2n) is 3.49. The van der Waals surface area contributed by atoms with Gasteiger partial charge in [-0.3, -0.25) is 9.52 Å². The van der Waals surface area contributed by atoms with Crippen molar-refractivity contribution >= 4 is 32.5 Å². The molecule has 1 aromatic rings. The van der Waals surface area contributed by atoms with Crippen LogP contribution in [0, 0.1) is 0 Å². The number of anilines is 1. The number of aliphatic carboxylic acids is 1. The smallest absolute Gasteiger partial charge is 0.320 e. The van der Waals surface area contributed by atoms with Gasteiger partial charge in [0.05, 0.1) is 5.69 Å². The number of nitrogens with zero attached hydrogens (tertiary/aromatic N) is 1. The van der Waals surface area contributed by atoms with Crippen molar-refractivity contribution in [1.29, 1.82) is 0 Å². The lowest BCUT2D eigenvalue weighted by atomic mass is 10.2. The molecule has 1 rings (SSSR count). The van der Waals surface area contributed by atoms with Gasteiger partial charge in [-0.25, -0.2) is 13.4 Å². The topological polar surface area (TPSA) is 96.4 Å². The third kappa shape index (κ3) is 3.78. The van der Waals surface area contributed by atoms with Crippen molar-refractivity contribution in [3.8, 4) is 0 Å². The average molecular weight is 264 g/mol. The molecule has 0 unspecified atom stereocenters. The molecule has 16 heavy (non-hydrogen) atoms. The van der Waals surface area contributed by atoms with Crippen LogP contribution in [0.5, 0.6) is 0 Å². The zero-order valence-corrected chi connectivity index (χ0v) is 10.4. The highest BCUT2D eigenvalue weighted by Gasteiger charge is 2.17. The normalized spacial score (nSPS) is 11.7. The summed E-state index contributed by atoms with van der Waals surface area (Å²) in [5.41, 5.74) is 0.776. The van der Waals surface area contributed by atoms with Crippen LogP contribution in [0.15, 0.2) is 5.38 Å². The minimum atomic E-state index is -3.85. The number of carboxylic acid groups (broad SMARTS) is 1. The lowest BCUT2D eigenvalue weighted by molar-refractivity contribution is -0.134. The molecular weight excluding hydrogens is 252 g/mol. The highest BCUT2D eigenvalue weighted by Crippen LogP contribution is 2.22. The second-order valence-corrected chi connectivity index (χ2v) is 6.07. The Morgan fingerprint density at radius 3 is 2.69 bits per heavy atom. The first-order valence-electron chi connectivity index (χ1n) is 4.48. The fourth-order valence-corrected chi connectivity index (χ4v) is 2.93. The summed E-state index contributed by atoms with van der Waals surface area (Å²) in [6.07, 6.45) is 0. The average Bonchev–Trinajstić information content (AvgIpc) is 2.48. The second kappa shape index (κ2) is 4.79. The maximum atomic E-state index is 11.3. The molecule has 0 aromatic carbocycles. The van der Waals surface area contributed by atoms with Crippen LogP contribution in [0.1, 0.15) is 25.5 Å². The summed E-state index contributed by atoms with van der Waals surface area (Å²) in [7, 11) is -3.85. The molecule has 0 aliphatic heterocycles. The number of rotatable bonds is 5. The number of carboxylic acids is 1. The van der Waals surface area contributed by atoms with Crippen LogP contribution in [0.4, 0.5) is 5.13 Å². The van der Waals surface area contributed by atoms with E-state index in [0.29, 0.717) is 0 Å². The SMILES string of the molecule is CC(C)c1csc(NS(=O)(=O)CC(=O)O)n1. The van der Waals surface area contributed by atoms with E-state index in [1.54, 1.807) is 5.38 Å². The molecule has 8 heteroatoms. The van der Waals surface area contributed by atoms with Crippen LogP contribution in [0.25, 0.3) is 0 Å². The minimum Gasteiger partial charge on any atom is -0.480 e. The van der Waals surface area contributed by atoms with Gasteiger partial charge in [0.1, 0.15) is 0 Å². The molecular formula is C8H12N2O4S2. The van der Waals surface area contributed by atoms with E-state index in [-0.39, 0.29) is 11.0 Å². The van der Waals surface area contributed by atoms with E-state index in [1.807, 2.05) is 13.8 Å². The summed E-state index contributed by atoms with van der Waals surface area (Å²) in [5, 5.41) is 10.3. The van der Waals surface area contributed by atoms with Crippen molar-refractivity contribution in [2.75, 3.05) is 10.5 Å². The van der Waals surface area contributed by atoms with Gasteiger partial charge in [-0.05, 0) is 5.92 Å². The number of sulfonamides is 1. The van der Waals surface area contributed by atoms with Gasteiger partial charge in [-0.15, -0.1) is 11.3 Å². The predicted molar refractivity (Wildman–Crippen MR) is 61.2 cm³/mol. The molecule has 90 valence electrons. The number of thiazole rings is 1. The maximum Gasteiger partial charge on any atom is 0.320 e. The first-order chi connectivity index (χ1) is 7.30. The number of hydrogen-bond acceptors (Lipinski definition) is 5. The summed E-state index contributed by atoms with van der Waals surface area (Å²) >= 11 is 1.14. The molecule has 0 saturated heterocycles. The van der Waals surface area contributed by atoms with E-state index in [0.717, 1.165) is 17.0 Å².